The molecule has 19 nitrogen and oxygen atoms in total. The van der Waals surface area contributed by atoms with Gasteiger partial charge in [0.15, 0.2) is 12.1 Å². The van der Waals surface area contributed by atoms with Gasteiger partial charge >= 0.3 is 5.97 Å². The highest BCUT2D eigenvalue weighted by molar-refractivity contribution is 6.39. The van der Waals surface area contributed by atoms with Gasteiger partial charge in [-0.15, -0.1) is 0 Å². The van der Waals surface area contributed by atoms with Gasteiger partial charge in [-0.3, -0.25) is 19.2 Å². The van der Waals surface area contributed by atoms with Gasteiger partial charge in [-0.2, -0.15) is 0 Å². The van der Waals surface area contributed by atoms with Crippen LogP contribution in [0.15, 0.2) is 47.6 Å². The standard InChI is InChI=1S/C56H87NO18/c1-30-15-11-10-12-16-31(2)42(72-29-45-48(62)49(63)50(64)55(68)74-45)27-38-20-18-36(7)56(69,75-38)52(65)53(66)57-22-14-13-17-39(57)54(67)73-43(33(4)25-37-19-21-40(58)44(26-37)70-8)28-41(59)32(3)24-35(6)47(61)51(71-9)46(60)34(5)23-30/h10-12,15-16,24,30,32-34,36-40,42-45,47-51,55,58,61-64,68-69H,13-14,17-23,25-29H2,1-9H3/b12-10+,15-11+,31-16+,35-24+/t30-,32-,33-,34-,36-,37+,38+,39+,40-,42?,43+,44-,45-,47-,48-,49+,50-,51+,55?,56-/m1/s1. The molecule has 0 spiro atoms. The molecule has 2 unspecified atom stereocenters. The van der Waals surface area contributed by atoms with Crippen molar-refractivity contribution in [1.29, 1.82) is 0 Å². The number of aliphatic hydroxyl groups is 7. The SMILES string of the molecule is CO[C@@H]1C[C@H](C[C@@H](C)[C@@H]2CC(=O)[C@H](C)/C=C(\C)[C@@H](O)[C@@H](OC)C(=O)[C@H](C)C[C@H](C)/C=C/C=C/C=C(\C)C(OC[C@H]3OC(O)[C@H](O)[C@@H](O)[C@@H]3O)C[C@@H]3CC[C@@H](C)[C@@](O)(O3)C(=O)C(=O)N3CCCC[C@H]3C(=O)O2)CC[C@H]1O. The third-order valence-electron chi connectivity index (χ3n) is 16.3. The number of esters is 1. The van der Waals surface area contributed by atoms with Crippen LogP contribution in [0.5, 0.6) is 0 Å². The van der Waals surface area contributed by atoms with E-state index in [4.69, 9.17) is 28.4 Å². The van der Waals surface area contributed by atoms with E-state index in [9.17, 15) is 59.7 Å². The van der Waals surface area contributed by atoms with Gasteiger partial charge in [0.25, 0.3) is 11.7 Å². The molecular formula is C56H87NO18. The van der Waals surface area contributed by atoms with E-state index < -0.39 is 120 Å². The van der Waals surface area contributed by atoms with Crippen LogP contribution in [-0.2, 0) is 52.4 Å². The van der Waals surface area contributed by atoms with E-state index in [1.807, 2.05) is 26.0 Å². The number of rotatable bonds is 8. The van der Waals surface area contributed by atoms with Gasteiger partial charge in [-0.05, 0) is 107 Å². The van der Waals surface area contributed by atoms with Crippen molar-refractivity contribution >= 4 is 29.2 Å². The first kappa shape index (κ1) is 62.3. The Kier molecular flexibility index (Phi) is 23.5. The second kappa shape index (κ2) is 28.4. The summed E-state index contributed by atoms with van der Waals surface area (Å²) < 4.78 is 35.3. The summed E-state index contributed by atoms with van der Waals surface area (Å²) in [5.41, 5.74) is 0.968. The van der Waals surface area contributed by atoms with Crippen molar-refractivity contribution in [1.82, 2.24) is 4.90 Å². The second-order valence-corrected chi connectivity index (χ2v) is 22.2. The zero-order chi connectivity index (χ0) is 55.5. The molecule has 5 rings (SSSR count). The fraction of sp³-hybridized carbons (Fsp3) is 0.768. The van der Waals surface area contributed by atoms with Crippen LogP contribution in [0.4, 0.5) is 0 Å². The second-order valence-electron chi connectivity index (χ2n) is 22.2. The molecule has 20 atom stereocenters. The first-order valence-electron chi connectivity index (χ1n) is 27.1. The molecule has 1 amide bonds. The van der Waals surface area contributed by atoms with E-state index in [1.54, 1.807) is 66.0 Å². The lowest BCUT2D eigenvalue weighted by Gasteiger charge is -2.43. The molecule has 0 aromatic heterocycles. The molecule has 4 fully saturated rings. The van der Waals surface area contributed by atoms with Crippen molar-refractivity contribution in [2.75, 3.05) is 27.4 Å². The number of carbonyl (C=O) groups excluding carboxylic acids is 5. The number of aliphatic hydroxyl groups excluding tert-OH is 6. The molecule has 424 valence electrons. The molecule has 19 heteroatoms. The number of Topliss-reactive ketones (excluding diaryl/α,β-unsaturated/α-hetero) is 3. The average molecular weight is 1060 g/mol. The molecule has 4 aliphatic heterocycles. The smallest absolute Gasteiger partial charge is 0.329 e. The fourth-order valence-electron chi connectivity index (χ4n) is 11.3. The Morgan fingerprint density at radius 2 is 1.53 bits per heavy atom. The van der Waals surface area contributed by atoms with E-state index in [0.29, 0.717) is 62.5 Å². The maximum atomic E-state index is 14.5. The van der Waals surface area contributed by atoms with Gasteiger partial charge in [0.1, 0.15) is 54.6 Å². The molecule has 1 aliphatic carbocycles. The van der Waals surface area contributed by atoms with E-state index in [1.165, 1.54) is 7.11 Å². The number of fused-ring (bicyclic) bond motifs is 3. The summed E-state index contributed by atoms with van der Waals surface area (Å²) in [7, 11) is 2.89. The summed E-state index contributed by atoms with van der Waals surface area (Å²) in [4.78, 5) is 72.6. The normalized spacial score (nSPS) is 42.8. The molecule has 1 saturated carbocycles. The minimum absolute atomic E-state index is 0.00437. The van der Waals surface area contributed by atoms with Gasteiger partial charge in [-0.1, -0.05) is 71.1 Å². The van der Waals surface area contributed by atoms with Crippen molar-refractivity contribution in [2.24, 2.45) is 35.5 Å². The monoisotopic (exact) mass is 1060 g/mol. The van der Waals surface area contributed by atoms with E-state index in [-0.39, 0.29) is 68.3 Å². The van der Waals surface area contributed by atoms with Crippen LogP contribution in [0.1, 0.15) is 126 Å². The topological polar surface area (TPSA) is 286 Å². The number of hydrogen-bond acceptors (Lipinski definition) is 18. The Balaban J connectivity index is 1.49. The predicted octanol–water partition coefficient (Wildman–Crippen LogP) is 3.35. The molecule has 75 heavy (non-hydrogen) atoms. The van der Waals surface area contributed by atoms with Crippen molar-refractivity contribution in [2.45, 2.75) is 211 Å². The molecular weight excluding hydrogens is 975 g/mol. The lowest BCUT2D eigenvalue weighted by atomic mass is 9.78. The number of allylic oxidation sites excluding steroid dienone is 6. The molecule has 0 radical (unpaired) electrons. The van der Waals surface area contributed by atoms with Crippen LogP contribution in [0.2, 0.25) is 0 Å². The third kappa shape index (κ3) is 16.0. The van der Waals surface area contributed by atoms with E-state index in [2.05, 4.69) is 0 Å². The Bertz CT molecular complexity index is 2060. The zero-order valence-electron chi connectivity index (χ0n) is 45.4. The first-order valence-corrected chi connectivity index (χ1v) is 27.1. The van der Waals surface area contributed by atoms with Gasteiger partial charge < -0.3 is 69.1 Å². The van der Waals surface area contributed by atoms with Gasteiger partial charge in [-0.25, -0.2) is 4.79 Å². The zero-order valence-corrected chi connectivity index (χ0v) is 45.4. The summed E-state index contributed by atoms with van der Waals surface area (Å²) in [5, 5.41) is 75.5. The summed E-state index contributed by atoms with van der Waals surface area (Å²) in [6, 6.07) is -1.23. The number of methoxy groups -OCH3 is 2. The number of cyclic esters (lactones) is 1. The summed E-state index contributed by atoms with van der Waals surface area (Å²) in [6.45, 7) is 11.9. The lowest BCUT2D eigenvalue weighted by Crippen LogP contribution is -2.61. The molecule has 0 aromatic carbocycles. The van der Waals surface area contributed by atoms with Crippen molar-refractivity contribution in [3.63, 3.8) is 0 Å². The lowest BCUT2D eigenvalue weighted by molar-refractivity contribution is -0.291. The number of hydrogen-bond donors (Lipinski definition) is 7. The quantitative estimate of drug-likeness (QED) is 0.104. The van der Waals surface area contributed by atoms with Crippen LogP contribution in [0.25, 0.3) is 0 Å². The maximum Gasteiger partial charge on any atom is 0.329 e. The van der Waals surface area contributed by atoms with Gasteiger partial charge in [0, 0.05) is 51.4 Å². The van der Waals surface area contributed by atoms with Crippen LogP contribution in [0, 0.1) is 35.5 Å². The number of piperidine rings is 1. The highest BCUT2D eigenvalue weighted by Crippen LogP contribution is 2.38. The van der Waals surface area contributed by atoms with Crippen molar-refractivity contribution < 1.29 is 88.1 Å². The molecule has 3 saturated heterocycles. The first-order chi connectivity index (χ1) is 35.4. The Hall–Kier alpha value is -3.57. The number of ketones is 3. The Morgan fingerprint density at radius 3 is 2.23 bits per heavy atom. The highest BCUT2D eigenvalue weighted by Gasteiger charge is 2.53. The van der Waals surface area contributed by atoms with Crippen molar-refractivity contribution in [3.8, 4) is 0 Å². The average Bonchev–Trinajstić information content (AvgIpc) is 3.38. The maximum absolute atomic E-state index is 14.5. The van der Waals surface area contributed by atoms with E-state index in [0.717, 1.165) is 4.90 Å². The highest BCUT2D eigenvalue weighted by atomic mass is 16.7. The third-order valence-corrected chi connectivity index (χ3v) is 16.3. The summed E-state index contributed by atoms with van der Waals surface area (Å²) in [5.74, 6) is -9.01. The minimum Gasteiger partial charge on any atom is -0.460 e. The number of ether oxygens (including phenoxy) is 6. The van der Waals surface area contributed by atoms with Crippen molar-refractivity contribution in [3.05, 3.63) is 47.6 Å². The summed E-state index contributed by atoms with van der Waals surface area (Å²) in [6.07, 6.45) is 0.356. The van der Waals surface area contributed by atoms with Crippen LogP contribution in [-0.4, -0.2) is 183 Å². The van der Waals surface area contributed by atoms with E-state index >= 15 is 0 Å². The fourth-order valence-corrected chi connectivity index (χ4v) is 11.3. The molecule has 4 heterocycles. The predicted molar refractivity (Wildman–Crippen MR) is 273 cm³/mol. The number of amides is 1. The molecule has 5 aliphatic rings. The van der Waals surface area contributed by atoms with Gasteiger partial charge in [0.05, 0.1) is 31.0 Å². The number of nitrogens with zero attached hydrogens (tertiary/aromatic N) is 1. The summed E-state index contributed by atoms with van der Waals surface area (Å²) >= 11 is 0. The molecule has 0 aromatic rings. The van der Waals surface area contributed by atoms with Crippen LogP contribution < -0.4 is 0 Å². The van der Waals surface area contributed by atoms with Crippen LogP contribution >= 0.6 is 0 Å². The Morgan fingerprint density at radius 1 is 0.813 bits per heavy atom. The number of carbonyl (C=O) groups is 5. The Labute approximate surface area is 442 Å². The minimum atomic E-state index is -2.61. The largest absolute Gasteiger partial charge is 0.460 e. The van der Waals surface area contributed by atoms with Crippen LogP contribution in [0.3, 0.4) is 0 Å². The molecule has 2 bridgehead atoms. The molecule has 7 N–H and O–H groups in total. The van der Waals surface area contributed by atoms with Gasteiger partial charge in [0.2, 0.25) is 5.79 Å².